The van der Waals surface area contributed by atoms with E-state index in [0.29, 0.717) is 25.1 Å². The van der Waals surface area contributed by atoms with Gasteiger partial charge in [0.15, 0.2) is 0 Å². The maximum Gasteiger partial charge on any atom is 0.254 e. The molecule has 0 fully saturated rings. The number of hydrogen-bond donors (Lipinski definition) is 0. The molecule has 3 rings (SSSR count). The minimum absolute atomic E-state index is 0.100. The summed E-state index contributed by atoms with van der Waals surface area (Å²) in [5.74, 6) is -1.28. The first-order chi connectivity index (χ1) is 15.8. The SMILES string of the molecule is CC[C@@H](C)N(CC(=O)N(Cc1ccc(F)cc1)Cc1ccc(C)s1)C(=O)c1ccc(F)cc1. The van der Waals surface area contributed by atoms with Crippen molar-refractivity contribution in [3.63, 3.8) is 0 Å². The van der Waals surface area contributed by atoms with Crippen molar-refractivity contribution in [3.8, 4) is 0 Å². The summed E-state index contributed by atoms with van der Waals surface area (Å²) in [6.45, 7) is 6.44. The molecule has 0 bridgehead atoms. The molecule has 174 valence electrons. The van der Waals surface area contributed by atoms with Crippen LogP contribution in [0.5, 0.6) is 0 Å². The van der Waals surface area contributed by atoms with Crippen LogP contribution in [-0.4, -0.2) is 34.2 Å². The van der Waals surface area contributed by atoms with Crippen LogP contribution in [-0.2, 0) is 17.9 Å². The highest BCUT2D eigenvalue weighted by molar-refractivity contribution is 7.11. The number of hydrogen-bond acceptors (Lipinski definition) is 3. The van der Waals surface area contributed by atoms with Gasteiger partial charge in [0, 0.05) is 27.9 Å². The van der Waals surface area contributed by atoms with Crippen LogP contribution in [0.4, 0.5) is 8.78 Å². The van der Waals surface area contributed by atoms with Crippen LogP contribution in [0.15, 0.2) is 60.7 Å². The normalized spacial score (nSPS) is 11.8. The van der Waals surface area contributed by atoms with Crippen LogP contribution in [0.25, 0.3) is 0 Å². The molecule has 7 heteroatoms. The van der Waals surface area contributed by atoms with Gasteiger partial charge in [-0.15, -0.1) is 11.3 Å². The molecular weight excluding hydrogens is 442 g/mol. The van der Waals surface area contributed by atoms with Crippen molar-refractivity contribution in [1.82, 2.24) is 9.80 Å². The van der Waals surface area contributed by atoms with Crippen LogP contribution in [0.1, 0.15) is 45.9 Å². The first-order valence-electron chi connectivity index (χ1n) is 10.9. The molecule has 0 saturated carbocycles. The quantitative estimate of drug-likeness (QED) is 0.396. The van der Waals surface area contributed by atoms with E-state index in [1.165, 1.54) is 41.3 Å². The van der Waals surface area contributed by atoms with Gasteiger partial charge in [0.05, 0.1) is 6.54 Å². The summed E-state index contributed by atoms with van der Waals surface area (Å²) in [5.41, 5.74) is 1.14. The number of carbonyl (C=O) groups is 2. The van der Waals surface area contributed by atoms with Gasteiger partial charge in [-0.05, 0) is 74.4 Å². The predicted molar refractivity (Wildman–Crippen MR) is 127 cm³/mol. The molecule has 0 unspecified atom stereocenters. The highest BCUT2D eigenvalue weighted by Gasteiger charge is 2.26. The van der Waals surface area contributed by atoms with Gasteiger partial charge >= 0.3 is 0 Å². The Morgan fingerprint density at radius 3 is 2.06 bits per heavy atom. The Hall–Kier alpha value is -3.06. The van der Waals surface area contributed by atoms with Crippen LogP contribution < -0.4 is 0 Å². The van der Waals surface area contributed by atoms with Gasteiger partial charge < -0.3 is 9.80 Å². The third-order valence-corrected chi connectivity index (χ3v) is 6.55. The fourth-order valence-corrected chi connectivity index (χ4v) is 4.36. The average molecular weight is 471 g/mol. The summed E-state index contributed by atoms with van der Waals surface area (Å²) in [6.07, 6.45) is 0.669. The van der Waals surface area contributed by atoms with E-state index in [4.69, 9.17) is 0 Å². The largest absolute Gasteiger partial charge is 0.332 e. The minimum Gasteiger partial charge on any atom is -0.332 e. The van der Waals surface area contributed by atoms with Gasteiger partial charge in [-0.3, -0.25) is 9.59 Å². The molecule has 0 aliphatic heterocycles. The molecule has 0 spiro atoms. The zero-order valence-corrected chi connectivity index (χ0v) is 19.9. The molecule has 0 radical (unpaired) electrons. The molecule has 1 aromatic heterocycles. The second-order valence-corrected chi connectivity index (χ2v) is 9.46. The lowest BCUT2D eigenvalue weighted by Gasteiger charge is -2.31. The lowest BCUT2D eigenvalue weighted by atomic mass is 10.1. The summed E-state index contributed by atoms with van der Waals surface area (Å²) in [7, 11) is 0. The highest BCUT2D eigenvalue weighted by atomic mass is 32.1. The minimum atomic E-state index is -0.422. The summed E-state index contributed by atoms with van der Waals surface area (Å²) in [4.78, 5) is 32.0. The molecular formula is C26H28F2N2O2S. The summed E-state index contributed by atoms with van der Waals surface area (Å²) >= 11 is 1.61. The standard InChI is InChI=1S/C26H28F2N2O2S/c1-4-18(2)30(26(32)21-8-12-23(28)13-9-21)17-25(31)29(16-24-14-5-19(3)33-24)15-20-6-10-22(27)11-7-20/h5-14,18H,4,15-17H2,1-3H3/t18-/m1/s1. The Labute approximate surface area is 197 Å². The van der Waals surface area contributed by atoms with E-state index in [9.17, 15) is 18.4 Å². The van der Waals surface area contributed by atoms with Crippen molar-refractivity contribution in [2.45, 2.75) is 46.3 Å². The number of thiophene rings is 1. The molecule has 0 N–H and O–H groups in total. The van der Waals surface area contributed by atoms with Crippen molar-refractivity contribution < 1.29 is 18.4 Å². The number of amides is 2. The van der Waals surface area contributed by atoms with Crippen LogP contribution in [0.3, 0.4) is 0 Å². The van der Waals surface area contributed by atoms with E-state index in [-0.39, 0.29) is 30.2 Å². The van der Waals surface area contributed by atoms with Gasteiger partial charge in [-0.2, -0.15) is 0 Å². The van der Waals surface area contributed by atoms with Gasteiger partial charge in [0.2, 0.25) is 5.91 Å². The van der Waals surface area contributed by atoms with Gasteiger partial charge in [-0.1, -0.05) is 19.1 Å². The molecule has 3 aromatic rings. The van der Waals surface area contributed by atoms with E-state index in [1.54, 1.807) is 28.4 Å². The number of aryl methyl sites for hydroxylation is 1. The summed E-state index contributed by atoms with van der Waals surface area (Å²) < 4.78 is 26.7. The second-order valence-electron chi connectivity index (χ2n) is 8.09. The number of halogens is 2. The zero-order valence-electron chi connectivity index (χ0n) is 19.1. The third-order valence-electron chi connectivity index (χ3n) is 5.56. The molecule has 2 aromatic carbocycles. The summed E-state index contributed by atoms with van der Waals surface area (Å²) in [6, 6.07) is 15.2. The number of carbonyl (C=O) groups excluding carboxylic acids is 2. The Kier molecular flexibility index (Phi) is 8.33. The van der Waals surface area contributed by atoms with Gasteiger partial charge in [0.1, 0.15) is 18.2 Å². The molecule has 4 nitrogen and oxygen atoms in total. The van der Waals surface area contributed by atoms with Crippen LogP contribution in [0.2, 0.25) is 0 Å². The lowest BCUT2D eigenvalue weighted by Crippen LogP contribution is -2.46. The molecule has 0 aliphatic rings. The Bertz CT molecular complexity index is 1080. The van der Waals surface area contributed by atoms with Crippen molar-refractivity contribution in [2.24, 2.45) is 0 Å². The monoisotopic (exact) mass is 470 g/mol. The first kappa shape index (κ1) is 24.6. The van der Waals surface area contributed by atoms with E-state index in [2.05, 4.69) is 0 Å². The Balaban J connectivity index is 1.83. The van der Waals surface area contributed by atoms with Gasteiger partial charge in [0.25, 0.3) is 5.91 Å². The second kappa shape index (κ2) is 11.2. The molecule has 1 heterocycles. The van der Waals surface area contributed by atoms with E-state index < -0.39 is 5.82 Å². The maximum atomic E-state index is 13.4. The summed E-state index contributed by atoms with van der Waals surface area (Å²) in [5, 5.41) is 0. The average Bonchev–Trinajstić information content (AvgIpc) is 3.22. The predicted octanol–water partition coefficient (Wildman–Crippen LogP) is 5.80. The number of benzene rings is 2. The molecule has 0 saturated heterocycles. The Morgan fingerprint density at radius 1 is 0.909 bits per heavy atom. The smallest absolute Gasteiger partial charge is 0.254 e. The van der Waals surface area contributed by atoms with Crippen LogP contribution in [0, 0.1) is 18.6 Å². The number of nitrogens with zero attached hydrogens (tertiary/aromatic N) is 2. The van der Waals surface area contributed by atoms with Crippen molar-refractivity contribution in [2.75, 3.05) is 6.54 Å². The fraction of sp³-hybridized carbons (Fsp3) is 0.308. The highest BCUT2D eigenvalue weighted by Crippen LogP contribution is 2.20. The molecule has 0 aliphatic carbocycles. The van der Waals surface area contributed by atoms with Crippen molar-refractivity contribution >= 4 is 23.2 Å². The van der Waals surface area contributed by atoms with E-state index in [0.717, 1.165) is 15.3 Å². The molecule has 33 heavy (non-hydrogen) atoms. The fourth-order valence-electron chi connectivity index (χ4n) is 3.45. The molecule has 2 amide bonds. The van der Waals surface area contributed by atoms with Crippen molar-refractivity contribution in [1.29, 1.82) is 0 Å². The first-order valence-corrected chi connectivity index (χ1v) is 11.7. The molecule has 1 atom stereocenters. The van der Waals surface area contributed by atoms with E-state index >= 15 is 0 Å². The van der Waals surface area contributed by atoms with Crippen molar-refractivity contribution in [3.05, 3.63) is 93.2 Å². The number of rotatable bonds is 9. The zero-order chi connectivity index (χ0) is 24.0. The van der Waals surface area contributed by atoms with Gasteiger partial charge in [-0.25, -0.2) is 8.78 Å². The third kappa shape index (κ3) is 6.71. The Morgan fingerprint density at radius 2 is 1.52 bits per heavy atom. The lowest BCUT2D eigenvalue weighted by molar-refractivity contribution is -0.133. The topological polar surface area (TPSA) is 40.6 Å². The van der Waals surface area contributed by atoms with Crippen LogP contribution >= 0.6 is 11.3 Å². The van der Waals surface area contributed by atoms with E-state index in [1.807, 2.05) is 32.9 Å². The maximum absolute atomic E-state index is 13.4.